The molecule has 1 heterocycles. The third-order valence-corrected chi connectivity index (χ3v) is 4.23. The van der Waals surface area contributed by atoms with Crippen molar-refractivity contribution in [3.8, 4) is 17.1 Å². The number of rotatable bonds is 9. The van der Waals surface area contributed by atoms with Crippen LogP contribution in [0.2, 0.25) is 0 Å². The first-order valence-corrected chi connectivity index (χ1v) is 9.07. The van der Waals surface area contributed by atoms with Gasteiger partial charge in [0.15, 0.2) is 5.78 Å². The van der Waals surface area contributed by atoms with Gasteiger partial charge in [-0.1, -0.05) is 5.16 Å². The minimum atomic E-state index is -0.392. The van der Waals surface area contributed by atoms with E-state index in [0.29, 0.717) is 17.8 Å². The van der Waals surface area contributed by atoms with Gasteiger partial charge in [0.25, 0.3) is 0 Å². The van der Waals surface area contributed by atoms with Crippen LogP contribution in [-0.4, -0.2) is 28.9 Å². The monoisotopic (exact) mass is 397 g/mol. The highest BCUT2D eigenvalue weighted by atomic mass is 19.1. The van der Waals surface area contributed by atoms with E-state index in [4.69, 9.17) is 9.26 Å². The predicted octanol–water partition coefficient (Wildman–Crippen LogP) is 3.55. The smallest absolute Gasteiger partial charge is 0.246 e. The molecule has 3 rings (SSSR count). The fourth-order valence-electron chi connectivity index (χ4n) is 2.64. The van der Waals surface area contributed by atoms with Crippen molar-refractivity contribution >= 4 is 11.7 Å². The number of carbonyl (C=O) groups is 2. The maximum Gasteiger partial charge on any atom is 0.246 e. The molecule has 0 unspecified atom stereocenters. The van der Waals surface area contributed by atoms with Crippen LogP contribution in [0, 0.1) is 5.82 Å². The fourth-order valence-corrected chi connectivity index (χ4v) is 2.64. The number of hydrogen-bond acceptors (Lipinski definition) is 6. The van der Waals surface area contributed by atoms with E-state index >= 15 is 0 Å². The zero-order valence-corrected chi connectivity index (χ0v) is 15.9. The van der Waals surface area contributed by atoms with Crippen molar-refractivity contribution < 1.29 is 23.2 Å². The zero-order chi connectivity index (χ0) is 20.6. The molecule has 150 valence electrons. The molecular weight excluding hydrogens is 377 g/mol. The van der Waals surface area contributed by atoms with Crippen LogP contribution in [0.1, 0.15) is 35.5 Å². The molecule has 7 nitrogen and oxygen atoms in total. The van der Waals surface area contributed by atoms with E-state index < -0.39 is 5.82 Å². The third-order valence-electron chi connectivity index (χ3n) is 4.23. The Morgan fingerprint density at radius 3 is 2.48 bits per heavy atom. The summed E-state index contributed by atoms with van der Waals surface area (Å²) in [4.78, 5) is 28.2. The summed E-state index contributed by atoms with van der Waals surface area (Å²) < 4.78 is 23.1. The molecule has 29 heavy (non-hydrogen) atoms. The van der Waals surface area contributed by atoms with Gasteiger partial charge in [-0.2, -0.15) is 4.98 Å². The summed E-state index contributed by atoms with van der Waals surface area (Å²) in [6, 6.07) is 12.6. The number of hydrogen-bond donors (Lipinski definition) is 1. The van der Waals surface area contributed by atoms with Crippen LogP contribution in [0.15, 0.2) is 53.1 Å². The molecule has 0 aliphatic heterocycles. The van der Waals surface area contributed by atoms with Gasteiger partial charge in [0, 0.05) is 24.0 Å². The summed E-state index contributed by atoms with van der Waals surface area (Å²) in [5, 5.41) is 6.58. The van der Waals surface area contributed by atoms with Crippen LogP contribution in [-0.2, 0) is 11.3 Å². The van der Waals surface area contributed by atoms with Gasteiger partial charge < -0.3 is 14.6 Å². The molecule has 2 aromatic carbocycles. The Balaban J connectivity index is 1.42. The Bertz CT molecular complexity index is 968. The lowest BCUT2D eigenvalue weighted by Crippen LogP contribution is -2.22. The summed E-state index contributed by atoms with van der Waals surface area (Å²) in [5.74, 6) is 0.688. The van der Waals surface area contributed by atoms with E-state index in [-0.39, 0.29) is 37.0 Å². The number of halogens is 1. The predicted molar refractivity (Wildman–Crippen MR) is 103 cm³/mol. The second-order valence-corrected chi connectivity index (χ2v) is 6.30. The molecule has 1 aromatic heterocycles. The van der Waals surface area contributed by atoms with Gasteiger partial charge in [-0.15, -0.1) is 0 Å². The van der Waals surface area contributed by atoms with Crippen LogP contribution in [0.3, 0.4) is 0 Å². The second-order valence-electron chi connectivity index (χ2n) is 6.30. The largest absolute Gasteiger partial charge is 0.497 e. The highest BCUT2D eigenvalue weighted by Crippen LogP contribution is 2.19. The Kier molecular flexibility index (Phi) is 6.67. The molecular formula is C21H20FN3O4. The summed E-state index contributed by atoms with van der Waals surface area (Å²) in [6.45, 7) is 0.105. The van der Waals surface area contributed by atoms with Crippen LogP contribution in [0.5, 0.6) is 5.75 Å². The average molecular weight is 397 g/mol. The Labute approximate surface area is 166 Å². The Morgan fingerprint density at radius 1 is 1.07 bits per heavy atom. The third kappa shape index (κ3) is 5.71. The Morgan fingerprint density at radius 2 is 1.79 bits per heavy atom. The molecule has 0 atom stereocenters. The number of ketones is 1. The van der Waals surface area contributed by atoms with Crippen molar-refractivity contribution in [3.63, 3.8) is 0 Å². The normalized spacial score (nSPS) is 10.6. The van der Waals surface area contributed by atoms with Crippen molar-refractivity contribution in [2.24, 2.45) is 0 Å². The number of nitrogens with one attached hydrogen (secondary N) is 1. The summed E-state index contributed by atoms with van der Waals surface area (Å²) in [7, 11) is 1.59. The van der Waals surface area contributed by atoms with E-state index in [1.54, 1.807) is 19.2 Å². The molecule has 0 radical (unpaired) electrons. The standard InChI is InChI=1S/C21H20FN3O4/c1-28-17-11-7-15(8-12-17)21-24-20(29-25-21)13-23-19(27)4-2-3-18(26)14-5-9-16(22)10-6-14/h5-12H,2-4,13H2,1H3,(H,23,27). The number of benzene rings is 2. The number of carbonyl (C=O) groups excluding carboxylic acids is 2. The van der Waals surface area contributed by atoms with E-state index in [2.05, 4.69) is 15.5 Å². The van der Waals surface area contributed by atoms with Gasteiger partial charge in [0.1, 0.15) is 11.6 Å². The SMILES string of the molecule is COc1ccc(-c2noc(CNC(=O)CCCC(=O)c3ccc(F)cc3)n2)cc1. The summed E-state index contributed by atoms with van der Waals surface area (Å²) in [6.07, 6.45) is 0.788. The number of methoxy groups -OCH3 is 1. The lowest BCUT2D eigenvalue weighted by Gasteiger charge is -2.03. The van der Waals surface area contributed by atoms with Gasteiger partial charge >= 0.3 is 0 Å². The summed E-state index contributed by atoms with van der Waals surface area (Å²) in [5.41, 5.74) is 1.20. The van der Waals surface area contributed by atoms with Crippen molar-refractivity contribution in [1.82, 2.24) is 15.5 Å². The number of amides is 1. The van der Waals surface area contributed by atoms with Gasteiger partial charge in [-0.3, -0.25) is 9.59 Å². The number of ether oxygens (including phenoxy) is 1. The number of Topliss-reactive ketones (excluding diaryl/α,β-unsaturated/α-hetero) is 1. The van der Waals surface area contributed by atoms with Crippen molar-refractivity contribution in [1.29, 1.82) is 0 Å². The number of nitrogens with zero attached hydrogens (tertiary/aromatic N) is 2. The quantitative estimate of drug-likeness (QED) is 0.555. The van der Waals surface area contributed by atoms with Crippen molar-refractivity contribution in [3.05, 3.63) is 65.8 Å². The minimum absolute atomic E-state index is 0.105. The molecule has 1 N–H and O–H groups in total. The van der Waals surface area contributed by atoms with E-state index in [0.717, 1.165) is 11.3 Å². The molecule has 0 saturated heterocycles. The highest BCUT2D eigenvalue weighted by molar-refractivity contribution is 5.96. The molecule has 3 aromatic rings. The van der Waals surface area contributed by atoms with Crippen LogP contribution in [0.25, 0.3) is 11.4 Å². The van der Waals surface area contributed by atoms with Gasteiger partial charge in [0.2, 0.25) is 17.6 Å². The second kappa shape index (κ2) is 9.59. The first-order chi connectivity index (χ1) is 14.0. The molecule has 1 amide bonds. The molecule has 0 aliphatic rings. The minimum Gasteiger partial charge on any atom is -0.497 e. The Hall–Kier alpha value is -3.55. The number of aromatic nitrogens is 2. The van der Waals surface area contributed by atoms with Gasteiger partial charge in [0.05, 0.1) is 13.7 Å². The summed E-state index contributed by atoms with van der Waals surface area (Å²) >= 11 is 0. The lowest BCUT2D eigenvalue weighted by molar-refractivity contribution is -0.121. The first-order valence-electron chi connectivity index (χ1n) is 9.07. The topological polar surface area (TPSA) is 94.3 Å². The zero-order valence-electron chi connectivity index (χ0n) is 15.9. The van der Waals surface area contributed by atoms with Crippen LogP contribution >= 0.6 is 0 Å². The van der Waals surface area contributed by atoms with Gasteiger partial charge in [-0.25, -0.2) is 4.39 Å². The van der Waals surface area contributed by atoms with E-state index in [1.165, 1.54) is 24.3 Å². The van der Waals surface area contributed by atoms with Crippen molar-refractivity contribution in [2.75, 3.05) is 7.11 Å². The molecule has 0 bridgehead atoms. The molecule has 0 saturated carbocycles. The fraction of sp³-hybridized carbons (Fsp3) is 0.238. The highest BCUT2D eigenvalue weighted by Gasteiger charge is 2.11. The molecule has 0 spiro atoms. The first kappa shape index (κ1) is 20.2. The lowest BCUT2D eigenvalue weighted by atomic mass is 10.1. The van der Waals surface area contributed by atoms with Crippen LogP contribution < -0.4 is 10.1 Å². The average Bonchev–Trinajstić information content (AvgIpc) is 3.22. The van der Waals surface area contributed by atoms with E-state index in [9.17, 15) is 14.0 Å². The molecule has 8 heteroatoms. The maximum atomic E-state index is 12.9. The molecule has 0 aliphatic carbocycles. The maximum absolute atomic E-state index is 12.9. The van der Waals surface area contributed by atoms with Crippen molar-refractivity contribution in [2.45, 2.75) is 25.8 Å². The molecule has 0 fully saturated rings. The van der Waals surface area contributed by atoms with Crippen LogP contribution in [0.4, 0.5) is 4.39 Å². The van der Waals surface area contributed by atoms with E-state index in [1.807, 2.05) is 12.1 Å². The van der Waals surface area contributed by atoms with Gasteiger partial charge in [-0.05, 0) is 55.0 Å².